The summed E-state index contributed by atoms with van der Waals surface area (Å²) in [7, 11) is 0. The van der Waals surface area contributed by atoms with Crippen molar-refractivity contribution in [3.05, 3.63) is 0 Å². The van der Waals surface area contributed by atoms with Crippen molar-refractivity contribution < 1.29 is 13.2 Å². The molecule has 0 spiro atoms. The predicted molar refractivity (Wildman–Crippen MR) is 54.4 cm³/mol. The van der Waals surface area contributed by atoms with Gasteiger partial charge in [0.05, 0.1) is 13.1 Å². The van der Waals surface area contributed by atoms with Gasteiger partial charge in [-0.2, -0.15) is 0 Å². The van der Waals surface area contributed by atoms with Gasteiger partial charge in [0.1, 0.15) is 5.67 Å². The number of fused-ring (bicyclic) bond motifs is 1. The average molecular weight is 245 g/mol. The molecule has 0 bridgehead atoms. The molecular weight excluding hydrogens is 229 g/mol. The summed E-state index contributed by atoms with van der Waals surface area (Å²) in [5.41, 5.74) is -0.800. The Morgan fingerprint density at radius 1 is 1.00 bits per heavy atom. The largest absolute Gasteiger partial charge is 0.316 e. The van der Waals surface area contributed by atoms with Crippen molar-refractivity contribution in [1.29, 1.82) is 0 Å². The van der Waals surface area contributed by atoms with Crippen molar-refractivity contribution in [3.8, 4) is 0 Å². The van der Waals surface area contributed by atoms with Crippen LogP contribution in [0.5, 0.6) is 0 Å². The summed E-state index contributed by atoms with van der Waals surface area (Å²) in [4.78, 5) is 0. The van der Waals surface area contributed by atoms with Gasteiger partial charge in [-0.3, -0.25) is 0 Å². The molecule has 6 heteroatoms. The fourth-order valence-electron chi connectivity index (χ4n) is 2.05. The van der Waals surface area contributed by atoms with Crippen LogP contribution in [0.15, 0.2) is 0 Å². The van der Waals surface area contributed by atoms with Gasteiger partial charge in [-0.1, -0.05) is 0 Å². The van der Waals surface area contributed by atoms with Crippen LogP contribution in [-0.2, 0) is 0 Å². The number of alkyl halides is 3. The SMILES string of the molecule is CC1(F)C2CNCC21.Cl.FC1(F)CNC1. The van der Waals surface area contributed by atoms with Crippen molar-refractivity contribution >= 4 is 12.4 Å². The van der Waals surface area contributed by atoms with E-state index in [4.69, 9.17) is 0 Å². The minimum absolute atomic E-state index is 0. The quantitative estimate of drug-likeness (QED) is 0.669. The van der Waals surface area contributed by atoms with Crippen molar-refractivity contribution in [1.82, 2.24) is 10.6 Å². The molecule has 2 aliphatic heterocycles. The van der Waals surface area contributed by atoms with E-state index in [0.29, 0.717) is 11.8 Å². The summed E-state index contributed by atoms with van der Waals surface area (Å²) < 4.78 is 35.8. The molecule has 1 saturated carbocycles. The smallest absolute Gasteiger partial charge is 0.272 e. The van der Waals surface area contributed by atoms with Gasteiger partial charge in [-0.25, -0.2) is 13.2 Å². The monoisotopic (exact) mass is 244 g/mol. The molecule has 2 heterocycles. The molecule has 2 N–H and O–H groups in total. The van der Waals surface area contributed by atoms with Crippen LogP contribution in [0.4, 0.5) is 13.2 Å². The molecule has 0 aromatic rings. The minimum atomic E-state index is -2.39. The van der Waals surface area contributed by atoms with Gasteiger partial charge in [0.2, 0.25) is 0 Å². The van der Waals surface area contributed by atoms with Crippen LogP contribution < -0.4 is 10.6 Å². The second-order valence-electron chi connectivity index (χ2n) is 4.48. The highest BCUT2D eigenvalue weighted by atomic mass is 35.5. The molecule has 3 fully saturated rings. The van der Waals surface area contributed by atoms with Crippen LogP contribution in [0.2, 0.25) is 0 Å². The maximum absolute atomic E-state index is 12.9. The molecule has 0 amide bonds. The number of rotatable bonds is 0. The summed E-state index contributed by atoms with van der Waals surface area (Å²) in [5.74, 6) is -1.69. The van der Waals surface area contributed by atoms with Crippen LogP contribution in [0.3, 0.4) is 0 Å². The van der Waals surface area contributed by atoms with E-state index in [0.717, 1.165) is 13.1 Å². The Bertz CT molecular complexity index is 217. The third kappa shape index (κ3) is 2.57. The molecule has 90 valence electrons. The van der Waals surface area contributed by atoms with Gasteiger partial charge in [0.25, 0.3) is 5.92 Å². The van der Waals surface area contributed by atoms with E-state index >= 15 is 0 Å². The van der Waals surface area contributed by atoms with E-state index in [2.05, 4.69) is 10.6 Å². The summed E-state index contributed by atoms with van der Waals surface area (Å²) >= 11 is 0. The molecule has 0 radical (unpaired) electrons. The fourth-order valence-corrected chi connectivity index (χ4v) is 2.05. The Balaban J connectivity index is 0.000000146. The molecule has 2 unspecified atom stereocenters. The lowest BCUT2D eigenvalue weighted by molar-refractivity contribution is -0.0475. The second kappa shape index (κ2) is 4.11. The van der Waals surface area contributed by atoms with Gasteiger partial charge in [0, 0.05) is 24.9 Å². The average Bonchev–Trinajstić information content (AvgIpc) is 2.54. The Labute approximate surface area is 93.4 Å². The molecule has 2 atom stereocenters. The van der Waals surface area contributed by atoms with Gasteiger partial charge in [0.15, 0.2) is 0 Å². The molecule has 2 saturated heterocycles. The maximum Gasteiger partial charge on any atom is 0.272 e. The first kappa shape index (κ1) is 13.1. The topological polar surface area (TPSA) is 24.1 Å². The molecule has 3 rings (SSSR count). The van der Waals surface area contributed by atoms with E-state index in [9.17, 15) is 13.2 Å². The van der Waals surface area contributed by atoms with E-state index in [1.54, 1.807) is 6.92 Å². The zero-order valence-electron chi connectivity index (χ0n) is 8.53. The number of nitrogens with one attached hydrogen (secondary N) is 2. The highest BCUT2D eigenvalue weighted by molar-refractivity contribution is 5.85. The van der Waals surface area contributed by atoms with Crippen LogP contribution in [0.25, 0.3) is 0 Å². The Hall–Kier alpha value is -0.0000000000000000486. The minimum Gasteiger partial charge on any atom is -0.316 e. The van der Waals surface area contributed by atoms with Crippen molar-refractivity contribution in [2.75, 3.05) is 26.2 Å². The van der Waals surface area contributed by atoms with E-state index < -0.39 is 11.6 Å². The summed E-state index contributed by atoms with van der Waals surface area (Å²) in [6.45, 7) is 3.25. The number of piperidine rings is 1. The highest BCUT2D eigenvalue weighted by Crippen LogP contribution is 2.55. The lowest BCUT2D eigenvalue weighted by Crippen LogP contribution is -2.52. The molecule has 1 aliphatic carbocycles. The van der Waals surface area contributed by atoms with Crippen molar-refractivity contribution in [2.45, 2.75) is 18.5 Å². The number of halogens is 4. The molecule has 2 nitrogen and oxygen atoms in total. The zero-order valence-corrected chi connectivity index (χ0v) is 9.34. The molecule has 0 aromatic heterocycles. The molecular formula is C9H16ClF3N2. The Kier molecular flexibility index (Phi) is 3.58. The summed E-state index contributed by atoms with van der Waals surface area (Å²) in [6, 6.07) is 0. The lowest BCUT2D eigenvalue weighted by Gasteiger charge is -2.25. The zero-order chi connectivity index (χ0) is 10.4. The van der Waals surface area contributed by atoms with E-state index in [1.165, 1.54) is 0 Å². The summed E-state index contributed by atoms with van der Waals surface area (Å²) in [6.07, 6.45) is 0. The van der Waals surface area contributed by atoms with Crippen LogP contribution >= 0.6 is 12.4 Å². The van der Waals surface area contributed by atoms with Gasteiger partial charge in [-0.15, -0.1) is 12.4 Å². The normalized spacial score (nSPS) is 44.0. The Morgan fingerprint density at radius 3 is 1.53 bits per heavy atom. The Morgan fingerprint density at radius 2 is 1.40 bits per heavy atom. The van der Waals surface area contributed by atoms with Crippen molar-refractivity contribution in [3.63, 3.8) is 0 Å². The first-order chi connectivity index (χ1) is 6.43. The number of hydrogen-bond acceptors (Lipinski definition) is 2. The molecule has 15 heavy (non-hydrogen) atoms. The van der Waals surface area contributed by atoms with Crippen LogP contribution in [0.1, 0.15) is 6.92 Å². The third-order valence-electron chi connectivity index (χ3n) is 3.32. The van der Waals surface area contributed by atoms with Gasteiger partial charge in [-0.05, 0) is 6.92 Å². The maximum atomic E-state index is 12.9. The van der Waals surface area contributed by atoms with E-state index in [-0.39, 0.29) is 25.5 Å². The third-order valence-corrected chi connectivity index (χ3v) is 3.32. The predicted octanol–water partition coefficient (Wildman–Crippen LogP) is 1.21. The first-order valence-corrected chi connectivity index (χ1v) is 4.92. The van der Waals surface area contributed by atoms with E-state index in [1.807, 2.05) is 0 Å². The van der Waals surface area contributed by atoms with Gasteiger partial charge >= 0.3 is 0 Å². The molecule has 3 aliphatic rings. The van der Waals surface area contributed by atoms with Crippen LogP contribution in [-0.4, -0.2) is 37.8 Å². The lowest BCUT2D eigenvalue weighted by atomic mass is 10.2. The highest BCUT2D eigenvalue weighted by Gasteiger charge is 2.64. The number of hydrogen-bond donors (Lipinski definition) is 2. The fraction of sp³-hybridized carbons (Fsp3) is 1.00. The van der Waals surface area contributed by atoms with Crippen molar-refractivity contribution in [2.24, 2.45) is 11.8 Å². The van der Waals surface area contributed by atoms with Gasteiger partial charge < -0.3 is 10.6 Å². The summed E-state index contributed by atoms with van der Waals surface area (Å²) in [5, 5.41) is 5.59. The second-order valence-corrected chi connectivity index (χ2v) is 4.48. The first-order valence-electron chi connectivity index (χ1n) is 4.92. The molecule has 0 aromatic carbocycles. The standard InChI is InChI=1S/C6H10FN.C3H5F2N.ClH/c1-6(7)4-2-8-3-5(4)6;4-3(5)1-6-2-3;/h4-5,8H,2-3H2,1H3;6H,1-2H2;1H. The van der Waals surface area contributed by atoms with Crippen LogP contribution in [0, 0.1) is 11.8 Å².